The molecule has 0 saturated heterocycles. The van der Waals surface area contributed by atoms with Crippen LogP contribution in [0.25, 0.3) is 16.9 Å². The average Bonchev–Trinajstić information content (AvgIpc) is 2.99. The quantitative estimate of drug-likeness (QED) is 0.547. The first-order valence-corrected chi connectivity index (χ1v) is 7.51. The van der Waals surface area contributed by atoms with Gasteiger partial charge in [-0.3, -0.25) is 9.78 Å². The van der Waals surface area contributed by atoms with E-state index < -0.39 is 0 Å². The van der Waals surface area contributed by atoms with Gasteiger partial charge in [0, 0.05) is 22.9 Å². The first-order valence-electron chi connectivity index (χ1n) is 6.29. The van der Waals surface area contributed by atoms with Crippen molar-refractivity contribution in [3.8, 4) is 16.9 Å². The Balaban J connectivity index is 2.20. The number of benzene rings is 1. The number of carbonyl (C=O) groups excluding carboxylic acids is 1. The zero-order valence-electron chi connectivity index (χ0n) is 11.3. The lowest BCUT2D eigenvalue weighted by atomic mass is 10.1. The third kappa shape index (κ3) is 2.57. The van der Waals surface area contributed by atoms with Gasteiger partial charge in [0.25, 0.3) is 0 Å². The molecule has 0 N–H and O–H groups in total. The summed E-state index contributed by atoms with van der Waals surface area (Å²) < 4.78 is 1.67. The fraction of sp³-hybridized carbons (Fsp3) is 0.0667. The predicted octanol–water partition coefficient (Wildman–Crippen LogP) is 2.86. The highest BCUT2D eigenvalue weighted by Crippen LogP contribution is 2.25. The van der Waals surface area contributed by atoms with Crippen LogP contribution >= 0.6 is 11.8 Å². The standard InChI is InChI=1S/C15H12N4OS/c1-21-13-6-2-5-12(8-13)19-15(14(10-20)17-18-19)11-4-3-7-16-9-11/h2-10H,1H3. The van der Waals surface area contributed by atoms with Crippen molar-refractivity contribution >= 4 is 18.0 Å². The highest BCUT2D eigenvalue weighted by molar-refractivity contribution is 7.98. The molecule has 0 spiro atoms. The van der Waals surface area contributed by atoms with Gasteiger partial charge in [-0.2, -0.15) is 0 Å². The van der Waals surface area contributed by atoms with E-state index >= 15 is 0 Å². The highest BCUT2D eigenvalue weighted by atomic mass is 32.2. The fourth-order valence-corrected chi connectivity index (χ4v) is 2.52. The Morgan fingerprint density at radius 2 is 2.14 bits per heavy atom. The number of nitrogens with zero attached hydrogens (tertiary/aromatic N) is 4. The molecule has 0 amide bonds. The summed E-state index contributed by atoms with van der Waals surface area (Å²) in [6, 6.07) is 11.6. The third-order valence-electron chi connectivity index (χ3n) is 3.04. The van der Waals surface area contributed by atoms with E-state index in [1.165, 1.54) is 0 Å². The zero-order valence-corrected chi connectivity index (χ0v) is 12.1. The highest BCUT2D eigenvalue weighted by Gasteiger charge is 2.16. The van der Waals surface area contributed by atoms with E-state index in [0.29, 0.717) is 17.7 Å². The molecule has 21 heavy (non-hydrogen) atoms. The Morgan fingerprint density at radius 1 is 1.24 bits per heavy atom. The van der Waals surface area contributed by atoms with Crippen LogP contribution in [0.3, 0.4) is 0 Å². The Bertz CT molecular complexity index is 770. The van der Waals surface area contributed by atoms with Crippen LogP contribution in [0.2, 0.25) is 0 Å². The van der Waals surface area contributed by atoms with Gasteiger partial charge in [-0.05, 0) is 36.6 Å². The first-order chi connectivity index (χ1) is 10.3. The predicted molar refractivity (Wildman–Crippen MR) is 81.8 cm³/mol. The lowest BCUT2D eigenvalue weighted by Gasteiger charge is -2.07. The molecule has 0 aliphatic rings. The number of hydrogen-bond donors (Lipinski definition) is 0. The van der Waals surface area contributed by atoms with E-state index in [4.69, 9.17) is 0 Å². The smallest absolute Gasteiger partial charge is 0.172 e. The van der Waals surface area contributed by atoms with Crippen LogP contribution in [0.4, 0.5) is 0 Å². The Hall–Kier alpha value is -2.47. The minimum absolute atomic E-state index is 0.303. The third-order valence-corrected chi connectivity index (χ3v) is 3.77. The molecule has 0 saturated carbocycles. The van der Waals surface area contributed by atoms with Crippen molar-refractivity contribution in [2.45, 2.75) is 4.90 Å². The first kappa shape index (κ1) is 13.5. The van der Waals surface area contributed by atoms with Gasteiger partial charge in [0.1, 0.15) is 5.69 Å². The Morgan fingerprint density at radius 3 is 2.86 bits per heavy atom. The van der Waals surface area contributed by atoms with Crippen LogP contribution in [-0.4, -0.2) is 32.5 Å². The summed E-state index contributed by atoms with van der Waals surface area (Å²) in [4.78, 5) is 16.4. The number of thioether (sulfide) groups is 1. The van der Waals surface area contributed by atoms with Crippen molar-refractivity contribution in [1.29, 1.82) is 0 Å². The van der Waals surface area contributed by atoms with Crippen molar-refractivity contribution in [2.75, 3.05) is 6.26 Å². The number of aldehydes is 1. The summed E-state index contributed by atoms with van der Waals surface area (Å²) in [5.74, 6) is 0. The van der Waals surface area contributed by atoms with E-state index in [1.54, 1.807) is 28.8 Å². The van der Waals surface area contributed by atoms with Gasteiger partial charge in [-0.1, -0.05) is 11.3 Å². The van der Waals surface area contributed by atoms with Crippen molar-refractivity contribution in [3.05, 3.63) is 54.5 Å². The molecule has 0 aliphatic carbocycles. The maximum atomic E-state index is 11.2. The van der Waals surface area contributed by atoms with Crippen molar-refractivity contribution < 1.29 is 4.79 Å². The van der Waals surface area contributed by atoms with Gasteiger partial charge in [0.15, 0.2) is 12.0 Å². The molecular weight excluding hydrogens is 284 g/mol. The summed E-state index contributed by atoms with van der Waals surface area (Å²) in [5.41, 5.74) is 2.62. The van der Waals surface area contributed by atoms with Crippen LogP contribution in [0, 0.1) is 0 Å². The largest absolute Gasteiger partial charge is 0.296 e. The van der Waals surface area contributed by atoms with Gasteiger partial charge in [0.05, 0.1) is 5.69 Å². The van der Waals surface area contributed by atoms with Gasteiger partial charge < -0.3 is 0 Å². The molecule has 3 aromatic rings. The molecule has 1 aromatic carbocycles. The van der Waals surface area contributed by atoms with Gasteiger partial charge in [0.2, 0.25) is 0 Å². The summed E-state index contributed by atoms with van der Waals surface area (Å²) in [5, 5.41) is 8.06. The average molecular weight is 296 g/mol. The van der Waals surface area contributed by atoms with E-state index in [-0.39, 0.29) is 0 Å². The summed E-state index contributed by atoms with van der Waals surface area (Å²) >= 11 is 1.65. The van der Waals surface area contributed by atoms with Crippen LogP contribution < -0.4 is 0 Å². The maximum Gasteiger partial charge on any atom is 0.172 e. The van der Waals surface area contributed by atoms with E-state index in [1.807, 2.05) is 42.7 Å². The molecular formula is C15H12N4OS. The molecule has 0 fully saturated rings. The van der Waals surface area contributed by atoms with E-state index in [0.717, 1.165) is 16.1 Å². The second-order valence-corrected chi connectivity index (χ2v) is 5.18. The molecule has 0 radical (unpaired) electrons. The number of hydrogen-bond acceptors (Lipinski definition) is 5. The maximum absolute atomic E-state index is 11.2. The normalized spacial score (nSPS) is 10.5. The van der Waals surface area contributed by atoms with Gasteiger partial charge in [-0.25, -0.2) is 4.68 Å². The molecule has 0 unspecified atom stereocenters. The lowest BCUT2D eigenvalue weighted by molar-refractivity contribution is 0.111. The lowest BCUT2D eigenvalue weighted by Crippen LogP contribution is -2.00. The van der Waals surface area contributed by atoms with Gasteiger partial charge in [-0.15, -0.1) is 16.9 Å². The van der Waals surface area contributed by atoms with Crippen LogP contribution in [0.15, 0.2) is 53.7 Å². The number of rotatable bonds is 4. The Kier molecular flexibility index (Phi) is 3.79. The zero-order chi connectivity index (χ0) is 14.7. The number of aromatic nitrogens is 4. The van der Waals surface area contributed by atoms with Crippen LogP contribution in [0.5, 0.6) is 0 Å². The SMILES string of the molecule is CSc1cccc(-n2nnc(C=O)c2-c2cccnc2)c1. The van der Waals surface area contributed by atoms with Crippen molar-refractivity contribution in [1.82, 2.24) is 20.0 Å². The van der Waals surface area contributed by atoms with Crippen LogP contribution in [-0.2, 0) is 0 Å². The monoisotopic (exact) mass is 296 g/mol. The van der Waals surface area contributed by atoms with Crippen LogP contribution in [0.1, 0.15) is 10.5 Å². The fourth-order valence-electron chi connectivity index (χ4n) is 2.07. The summed E-state index contributed by atoms with van der Waals surface area (Å²) in [7, 11) is 0. The molecule has 104 valence electrons. The second kappa shape index (κ2) is 5.88. The van der Waals surface area contributed by atoms with E-state index in [9.17, 15) is 4.79 Å². The molecule has 0 bridgehead atoms. The second-order valence-electron chi connectivity index (χ2n) is 4.30. The molecule has 2 heterocycles. The van der Waals surface area contributed by atoms with E-state index in [2.05, 4.69) is 15.3 Å². The molecule has 2 aromatic heterocycles. The summed E-state index contributed by atoms with van der Waals surface area (Å²) in [6.45, 7) is 0. The minimum Gasteiger partial charge on any atom is -0.296 e. The molecule has 0 aliphatic heterocycles. The van der Waals surface area contributed by atoms with Crippen molar-refractivity contribution in [2.24, 2.45) is 0 Å². The molecule has 6 heteroatoms. The number of pyridine rings is 1. The van der Waals surface area contributed by atoms with Gasteiger partial charge >= 0.3 is 0 Å². The Labute approximate surface area is 126 Å². The molecule has 5 nitrogen and oxygen atoms in total. The van der Waals surface area contributed by atoms with Crippen molar-refractivity contribution in [3.63, 3.8) is 0 Å². The summed E-state index contributed by atoms with van der Waals surface area (Å²) in [6.07, 6.45) is 6.11. The molecule has 3 rings (SSSR count). The molecule has 0 atom stereocenters. The number of carbonyl (C=O) groups is 1. The minimum atomic E-state index is 0.303. The topological polar surface area (TPSA) is 60.7 Å².